The van der Waals surface area contributed by atoms with Gasteiger partial charge >= 0.3 is 0 Å². The van der Waals surface area contributed by atoms with Crippen LogP contribution in [-0.4, -0.2) is 40.7 Å². The Morgan fingerprint density at radius 1 is 0.917 bits per heavy atom. The topological polar surface area (TPSA) is 70.6 Å². The first-order valence-corrected chi connectivity index (χ1v) is 7.74. The van der Waals surface area contributed by atoms with Crippen LogP contribution in [0.2, 0.25) is 0 Å². The Balaban J connectivity index is 2.39. The number of hydrogen-bond donors (Lipinski definition) is 0. The molecule has 0 N–H and O–H groups in total. The second kappa shape index (κ2) is 7.21. The average Bonchev–Trinajstić information content (AvgIpc) is 2.52. The smallest absolute Gasteiger partial charge is 0.226 e. The van der Waals surface area contributed by atoms with E-state index >= 15 is 0 Å². The second-order valence-electron chi connectivity index (χ2n) is 5.63. The molecule has 1 aromatic heterocycles. The summed E-state index contributed by atoms with van der Waals surface area (Å²) in [5.74, 6) is -0.839. The number of amides is 3. The van der Waals surface area contributed by atoms with Crippen molar-refractivity contribution in [2.75, 3.05) is 18.0 Å². The molecule has 1 heterocycles. The molecule has 3 amide bonds. The summed E-state index contributed by atoms with van der Waals surface area (Å²) in [7, 11) is 0. The molecular weight excluding hydrogens is 306 g/mol. The van der Waals surface area contributed by atoms with E-state index in [1.807, 2.05) is 31.2 Å². The summed E-state index contributed by atoms with van der Waals surface area (Å²) in [4.78, 5) is 42.3. The highest BCUT2D eigenvalue weighted by Gasteiger charge is 2.19. The minimum Gasteiger partial charge on any atom is -0.309 e. The van der Waals surface area contributed by atoms with Gasteiger partial charge in [-0.1, -0.05) is 24.3 Å². The van der Waals surface area contributed by atoms with Crippen molar-refractivity contribution in [2.24, 2.45) is 0 Å². The summed E-state index contributed by atoms with van der Waals surface area (Å²) < 4.78 is 0. The molecule has 2 rings (SSSR count). The molecule has 0 spiro atoms. The molecule has 0 atom stereocenters. The fourth-order valence-corrected chi connectivity index (χ4v) is 2.72. The number of benzene rings is 1. The maximum absolute atomic E-state index is 12.1. The number of imide groups is 1. The fraction of sp³-hybridized carbons (Fsp3) is 0.333. The zero-order valence-corrected chi connectivity index (χ0v) is 14.4. The Morgan fingerprint density at radius 3 is 2.04 bits per heavy atom. The van der Waals surface area contributed by atoms with E-state index in [4.69, 9.17) is 0 Å². The molecule has 6 nitrogen and oxygen atoms in total. The minimum absolute atomic E-state index is 0.145. The molecule has 0 aliphatic rings. The molecule has 0 aliphatic heterocycles. The van der Waals surface area contributed by atoms with Crippen LogP contribution in [-0.2, 0) is 14.4 Å². The first-order valence-electron chi connectivity index (χ1n) is 7.74. The van der Waals surface area contributed by atoms with Crippen LogP contribution < -0.4 is 4.90 Å². The number of carbonyl (C=O) groups excluding carboxylic acids is 3. The van der Waals surface area contributed by atoms with Gasteiger partial charge in [0.25, 0.3) is 0 Å². The lowest BCUT2D eigenvalue weighted by molar-refractivity contribution is -0.142. The molecular formula is C18H21N3O3. The normalized spacial score (nSPS) is 10.5. The van der Waals surface area contributed by atoms with Crippen molar-refractivity contribution >= 4 is 34.2 Å². The van der Waals surface area contributed by atoms with E-state index in [0.717, 1.165) is 21.4 Å². The molecule has 0 aliphatic carbocycles. The van der Waals surface area contributed by atoms with Crippen LogP contribution in [0, 0.1) is 6.92 Å². The molecule has 0 unspecified atom stereocenters. The zero-order chi connectivity index (χ0) is 17.9. The minimum atomic E-state index is -0.335. The number of aromatic nitrogens is 1. The van der Waals surface area contributed by atoms with Gasteiger partial charge in [-0.2, -0.15) is 0 Å². The zero-order valence-electron chi connectivity index (χ0n) is 14.4. The van der Waals surface area contributed by atoms with Gasteiger partial charge in [0.15, 0.2) is 0 Å². The standard InChI is InChI=1S/C18H21N3O3/c1-12-16-7-5-6-8-17(16)18(11-19-12)21(15(4)24)10-9-20(13(2)22)14(3)23/h5-8,11H,9-10H2,1-4H3. The van der Waals surface area contributed by atoms with Crippen LogP contribution in [0.4, 0.5) is 5.69 Å². The van der Waals surface area contributed by atoms with E-state index < -0.39 is 0 Å². The van der Waals surface area contributed by atoms with Crippen molar-refractivity contribution < 1.29 is 14.4 Å². The number of carbonyl (C=O) groups is 3. The molecule has 1 aromatic carbocycles. The van der Waals surface area contributed by atoms with Gasteiger partial charge in [0.2, 0.25) is 17.7 Å². The Morgan fingerprint density at radius 2 is 1.50 bits per heavy atom. The van der Waals surface area contributed by atoms with Gasteiger partial charge in [-0.05, 0) is 6.92 Å². The maximum atomic E-state index is 12.1. The summed E-state index contributed by atoms with van der Waals surface area (Å²) in [5.41, 5.74) is 1.56. The summed E-state index contributed by atoms with van der Waals surface area (Å²) in [6.07, 6.45) is 1.66. The fourth-order valence-electron chi connectivity index (χ4n) is 2.72. The Kier molecular flexibility index (Phi) is 5.28. The summed E-state index contributed by atoms with van der Waals surface area (Å²) in [6, 6.07) is 7.72. The van der Waals surface area contributed by atoms with E-state index in [-0.39, 0.29) is 30.8 Å². The average molecular weight is 327 g/mol. The van der Waals surface area contributed by atoms with Gasteiger partial charge in [0.05, 0.1) is 11.9 Å². The Bertz CT molecular complexity index is 787. The lowest BCUT2D eigenvalue weighted by Crippen LogP contribution is -2.41. The molecule has 126 valence electrons. The largest absolute Gasteiger partial charge is 0.309 e. The van der Waals surface area contributed by atoms with Crippen molar-refractivity contribution in [3.8, 4) is 0 Å². The predicted octanol–water partition coefficient (Wildman–Crippen LogP) is 2.29. The monoisotopic (exact) mass is 327 g/mol. The van der Waals surface area contributed by atoms with E-state index in [9.17, 15) is 14.4 Å². The molecule has 0 saturated carbocycles. The van der Waals surface area contributed by atoms with E-state index in [1.54, 1.807) is 11.1 Å². The number of aryl methyl sites for hydroxylation is 1. The van der Waals surface area contributed by atoms with Crippen LogP contribution >= 0.6 is 0 Å². The highest BCUT2D eigenvalue weighted by Crippen LogP contribution is 2.27. The first kappa shape index (κ1) is 17.6. The molecule has 24 heavy (non-hydrogen) atoms. The van der Waals surface area contributed by atoms with E-state index in [0.29, 0.717) is 5.69 Å². The molecule has 0 radical (unpaired) electrons. The van der Waals surface area contributed by atoms with Crippen LogP contribution in [0.25, 0.3) is 10.8 Å². The van der Waals surface area contributed by atoms with E-state index in [2.05, 4.69) is 4.98 Å². The van der Waals surface area contributed by atoms with Crippen molar-refractivity contribution in [1.82, 2.24) is 9.88 Å². The van der Waals surface area contributed by atoms with Crippen molar-refractivity contribution in [1.29, 1.82) is 0 Å². The van der Waals surface area contributed by atoms with Gasteiger partial charge in [-0.15, -0.1) is 0 Å². The summed E-state index contributed by atoms with van der Waals surface area (Å²) >= 11 is 0. The van der Waals surface area contributed by atoms with Crippen molar-refractivity contribution in [3.63, 3.8) is 0 Å². The third kappa shape index (κ3) is 3.59. The molecule has 0 fully saturated rings. The van der Waals surface area contributed by atoms with Gasteiger partial charge in [0.1, 0.15) is 0 Å². The van der Waals surface area contributed by atoms with Crippen LogP contribution in [0.1, 0.15) is 26.5 Å². The molecule has 6 heteroatoms. The highest BCUT2D eigenvalue weighted by atomic mass is 16.2. The quantitative estimate of drug-likeness (QED) is 0.864. The Hall–Kier alpha value is -2.76. The number of rotatable bonds is 4. The maximum Gasteiger partial charge on any atom is 0.226 e. The predicted molar refractivity (Wildman–Crippen MR) is 92.6 cm³/mol. The molecule has 0 saturated heterocycles. The van der Waals surface area contributed by atoms with Crippen molar-refractivity contribution in [2.45, 2.75) is 27.7 Å². The van der Waals surface area contributed by atoms with Gasteiger partial charge in [-0.3, -0.25) is 24.3 Å². The summed E-state index contributed by atoms with van der Waals surface area (Å²) in [5, 5.41) is 1.88. The van der Waals surface area contributed by atoms with Gasteiger partial charge < -0.3 is 4.90 Å². The van der Waals surface area contributed by atoms with Crippen molar-refractivity contribution in [3.05, 3.63) is 36.2 Å². The van der Waals surface area contributed by atoms with Gasteiger partial charge in [-0.25, -0.2) is 0 Å². The number of hydrogen-bond acceptors (Lipinski definition) is 4. The number of nitrogens with zero attached hydrogens (tertiary/aromatic N) is 3. The van der Waals surface area contributed by atoms with Crippen LogP contribution in [0.5, 0.6) is 0 Å². The Labute approximate surface area is 141 Å². The highest BCUT2D eigenvalue weighted by molar-refractivity contribution is 6.03. The SMILES string of the molecule is CC(=O)N(CCN(C(C)=O)c1cnc(C)c2ccccc12)C(C)=O. The van der Waals surface area contributed by atoms with E-state index in [1.165, 1.54) is 20.8 Å². The third-order valence-corrected chi connectivity index (χ3v) is 3.95. The lowest BCUT2D eigenvalue weighted by atomic mass is 10.1. The molecule has 2 aromatic rings. The van der Waals surface area contributed by atoms with Gasteiger partial charge in [0, 0.05) is 50.3 Å². The third-order valence-electron chi connectivity index (χ3n) is 3.95. The number of fused-ring (bicyclic) bond motifs is 1. The lowest BCUT2D eigenvalue weighted by Gasteiger charge is -2.26. The van der Waals surface area contributed by atoms with Crippen LogP contribution in [0.3, 0.4) is 0 Å². The van der Waals surface area contributed by atoms with Crippen LogP contribution in [0.15, 0.2) is 30.5 Å². The first-order chi connectivity index (χ1) is 11.3. The molecule has 0 bridgehead atoms. The number of anilines is 1. The second-order valence-corrected chi connectivity index (χ2v) is 5.63. The number of pyridine rings is 1. The summed E-state index contributed by atoms with van der Waals surface area (Å²) in [6.45, 7) is 6.41.